The highest BCUT2D eigenvalue weighted by Gasteiger charge is 2.15. The monoisotopic (exact) mass is 179 g/mol. The Morgan fingerprint density at radius 1 is 1.27 bits per heavy atom. The first-order valence-electron chi connectivity index (χ1n) is 3.43. The Morgan fingerprint density at radius 2 is 1.73 bits per heavy atom. The van der Waals surface area contributed by atoms with Gasteiger partial charge in [0.05, 0.1) is 0 Å². The van der Waals surface area contributed by atoms with E-state index in [1.807, 2.05) is 7.05 Å². The van der Waals surface area contributed by atoms with Crippen LogP contribution in [-0.2, 0) is 0 Å². The second kappa shape index (κ2) is 4.41. The number of carbonyl (C=O) groups excluding carboxylic acids is 1. The van der Waals surface area contributed by atoms with E-state index in [2.05, 4.69) is 4.90 Å². The molecule has 0 aliphatic carbocycles. The zero-order valence-corrected chi connectivity index (χ0v) is 7.43. The van der Waals surface area contributed by atoms with Gasteiger partial charge in [-0.2, -0.15) is 0 Å². The average Bonchev–Trinajstić information content (AvgIpc) is 1.88. The number of carbonyl (C=O) groups is 1. The van der Waals surface area contributed by atoms with Gasteiger partial charge in [-0.15, -0.1) is 12.4 Å². The van der Waals surface area contributed by atoms with Crippen LogP contribution in [0.25, 0.3) is 0 Å². The summed E-state index contributed by atoms with van der Waals surface area (Å²) in [4.78, 5) is 14.4. The highest BCUT2D eigenvalue weighted by molar-refractivity contribution is 5.85. The number of hydrogen-bond acceptors (Lipinski definition) is 2. The van der Waals surface area contributed by atoms with Crippen LogP contribution < -0.4 is 5.73 Å². The molecule has 5 heteroatoms. The van der Waals surface area contributed by atoms with Crippen molar-refractivity contribution in [3.8, 4) is 0 Å². The maximum absolute atomic E-state index is 10.6. The van der Waals surface area contributed by atoms with Crippen LogP contribution >= 0.6 is 12.4 Å². The summed E-state index contributed by atoms with van der Waals surface area (Å²) >= 11 is 0. The fourth-order valence-electron chi connectivity index (χ4n) is 1.03. The van der Waals surface area contributed by atoms with Crippen molar-refractivity contribution in [2.24, 2.45) is 5.73 Å². The molecule has 11 heavy (non-hydrogen) atoms. The summed E-state index contributed by atoms with van der Waals surface area (Å²) in [5.41, 5.74) is 5.08. The third-order valence-corrected chi connectivity index (χ3v) is 1.81. The number of nitrogens with zero attached hydrogens (tertiary/aromatic N) is 2. The van der Waals surface area contributed by atoms with E-state index in [-0.39, 0.29) is 18.4 Å². The minimum Gasteiger partial charge on any atom is -0.351 e. The third kappa shape index (κ3) is 2.95. The molecule has 1 heterocycles. The Bertz CT molecular complexity index is 134. The van der Waals surface area contributed by atoms with Crippen molar-refractivity contribution < 1.29 is 4.79 Å². The van der Waals surface area contributed by atoms with Crippen LogP contribution in [0.4, 0.5) is 4.79 Å². The summed E-state index contributed by atoms with van der Waals surface area (Å²) in [7, 11) is 2.04. The molecule has 0 bridgehead atoms. The first-order valence-corrected chi connectivity index (χ1v) is 3.43. The molecule has 2 N–H and O–H groups in total. The Balaban J connectivity index is 0.000001000. The van der Waals surface area contributed by atoms with Crippen molar-refractivity contribution in [3.05, 3.63) is 0 Å². The number of piperazine rings is 1. The summed E-state index contributed by atoms with van der Waals surface area (Å²) in [5, 5.41) is 0. The normalized spacial score (nSPS) is 19.2. The molecule has 0 spiro atoms. The first-order chi connectivity index (χ1) is 4.70. The maximum Gasteiger partial charge on any atom is 0.314 e. The lowest BCUT2D eigenvalue weighted by Crippen LogP contribution is -2.49. The van der Waals surface area contributed by atoms with Crippen LogP contribution in [0.1, 0.15) is 0 Å². The lowest BCUT2D eigenvalue weighted by Gasteiger charge is -2.30. The topological polar surface area (TPSA) is 49.6 Å². The predicted octanol–water partition coefficient (Wildman–Crippen LogP) is -0.266. The summed E-state index contributed by atoms with van der Waals surface area (Å²) < 4.78 is 0. The number of nitrogens with two attached hydrogens (primary N) is 1. The van der Waals surface area contributed by atoms with Crippen LogP contribution in [0.15, 0.2) is 0 Å². The van der Waals surface area contributed by atoms with Gasteiger partial charge in [-0.3, -0.25) is 0 Å². The summed E-state index contributed by atoms with van der Waals surface area (Å²) in [6, 6.07) is -0.298. The van der Waals surface area contributed by atoms with Crippen LogP contribution in [0, 0.1) is 0 Å². The number of urea groups is 1. The van der Waals surface area contributed by atoms with E-state index in [0.717, 1.165) is 26.2 Å². The maximum atomic E-state index is 10.6. The molecule has 0 aromatic rings. The van der Waals surface area contributed by atoms with Crippen molar-refractivity contribution in [1.29, 1.82) is 0 Å². The first kappa shape index (κ1) is 10.5. The zero-order chi connectivity index (χ0) is 7.56. The second-order valence-electron chi connectivity index (χ2n) is 2.63. The van der Waals surface area contributed by atoms with Gasteiger partial charge >= 0.3 is 6.03 Å². The van der Waals surface area contributed by atoms with E-state index in [4.69, 9.17) is 5.73 Å². The predicted molar refractivity (Wildman–Crippen MR) is 45.9 cm³/mol. The van der Waals surface area contributed by atoms with E-state index in [9.17, 15) is 4.79 Å². The highest BCUT2D eigenvalue weighted by Crippen LogP contribution is 1.96. The fourth-order valence-corrected chi connectivity index (χ4v) is 1.03. The molecule has 0 unspecified atom stereocenters. The van der Waals surface area contributed by atoms with Gasteiger partial charge in [0.25, 0.3) is 0 Å². The van der Waals surface area contributed by atoms with Crippen molar-refractivity contribution >= 4 is 18.4 Å². The number of primary amides is 1. The SMILES string of the molecule is CN1CCN(C(N)=O)CC1.Cl. The highest BCUT2D eigenvalue weighted by atomic mass is 35.5. The lowest BCUT2D eigenvalue weighted by molar-refractivity contribution is 0.161. The molecule has 0 saturated carbocycles. The smallest absolute Gasteiger partial charge is 0.314 e. The van der Waals surface area contributed by atoms with E-state index in [1.54, 1.807) is 4.90 Å². The van der Waals surface area contributed by atoms with Crippen LogP contribution in [0.5, 0.6) is 0 Å². The molecule has 1 aliphatic rings. The number of hydrogen-bond donors (Lipinski definition) is 1. The molecule has 2 amide bonds. The molecule has 1 fully saturated rings. The van der Waals surface area contributed by atoms with Crippen molar-refractivity contribution in [3.63, 3.8) is 0 Å². The Labute approximate surface area is 72.7 Å². The van der Waals surface area contributed by atoms with Gasteiger partial charge in [0.15, 0.2) is 0 Å². The van der Waals surface area contributed by atoms with E-state index < -0.39 is 0 Å². The van der Waals surface area contributed by atoms with Gasteiger partial charge < -0.3 is 15.5 Å². The standard InChI is InChI=1S/C6H13N3O.ClH/c1-8-2-4-9(5-3-8)6(7)10;/h2-5H2,1H3,(H2,7,10);1H. The van der Waals surface area contributed by atoms with Gasteiger partial charge in [0.1, 0.15) is 0 Å². The van der Waals surface area contributed by atoms with Gasteiger partial charge in [-0.25, -0.2) is 4.79 Å². The number of halogens is 1. The van der Waals surface area contributed by atoms with Crippen molar-refractivity contribution in [1.82, 2.24) is 9.80 Å². The average molecular weight is 180 g/mol. The molecular formula is C6H14ClN3O. The van der Waals surface area contributed by atoms with E-state index in [0.29, 0.717) is 0 Å². The largest absolute Gasteiger partial charge is 0.351 e. The van der Waals surface area contributed by atoms with Crippen LogP contribution in [0.3, 0.4) is 0 Å². The van der Waals surface area contributed by atoms with Gasteiger partial charge in [0, 0.05) is 26.2 Å². The molecule has 4 nitrogen and oxygen atoms in total. The molecule has 1 saturated heterocycles. The minimum atomic E-state index is -0.298. The molecule has 0 aromatic carbocycles. The van der Waals surface area contributed by atoms with Gasteiger partial charge in [-0.05, 0) is 7.05 Å². The summed E-state index contributed by atoms with van der Waals surface area (Å²) in [6.07, 6.45) is 0. The van der Waals surface area contributed by atoms with Crippen LogP contribution in [-0.4, -0.2) is 49.1 Å². The number of likely N-dealkylation sites (N-methyl/N-ethyl adjacent to an activating group) is 1. The minimum absolute atomic E-state index is 0. The lowest BCUT2D eigenvalue weighted by atomic mass is 10.3. The fraction of sp³-hybridized carbons (Fsp3) is 0.833. The summed E-state index contributed by atoms with van der Waals surface area (Å²) in [5.74, 6) is 0. The Morgan fingerprint density at radius 3 is 2.09 bits per heavy atom. The molecule has 0 aromatic heterocycles. The summed E-state index contributed by atoms with van der Waals surface area (Å²) in [6.45, 7) is 3.41. The molecular weight excluding hydrogens is 166 g/mol. The molecule has 0 radical (unpaired) electrons. The van der Waals surface area contributed by atoms with E-state index >= 15 is 0 Å². The number of amides is 2. The Hall–Kier alpha value is -0.480. The van der Waals surface area contributed by atoms with E-state index in [1.165, 1.54) is 0 Å². The molecule has 1 rings (SSSR count). The second-order valence-corrected chi connectivity index (χ2v) is 2.63. The van der Waals surface area contributed by atoms with Crippen LogP contribution in [0.2, 0.25) is 0 Å². The quantitative estimate of drug-likeness (QED) is 0.557. The molecule has 66 valence electrons. The molecule has 1 aliphatic heterocycles. The van der Waals surface area contributed by atoms with Crippen molar-refractivity contribution in [2.45, 2.75) is 0 Å². The van der Waals surface area contributed by atoms with Gasteiger partial charge in [0.2, 0.25) is 0 Å². The zero-order valence-electron chi connectivity index (χ0n) is 6.62. The molecule has 0 atom stereocenters. The van der Waals surface area contributed by atoms with Crippen molar-refractivity contribution in [2.75, 3.05) is 33.2 Å². The van der Waals surface area contributed by atoms with Gasteiger partial charge in [-0.1, -0.05) is 0 Å². The third-order valence-electron chi connectivity index (χ3n) is 1.81. The Kier molecular flexibility index (Phi) is 4.22. The number of rotatable bonds is 0.